The Bertz CT molecular complexity index is 805. The summed E-state index contributed by atoms with van der Waals surface area (Å²) in [6.45, 7) is 2.88. The van der Waals surface area contributed by atoms with E-state index < -0.39 is 47.1 Å². The number of carbonyl (C=O) groups excluding carboxylic acids is 1. The number of carbonyl (C=O) groups is 1. The van der Waals surface area contributed by atoms with Crippen LogP contribution in [0.5, 0.6) is 0 Å². The van der Waals surface area contributed by atoms with Crippen LogP contribution in [0.3, 0.4) is 0 Å². The molecule has 2 aromatic carbocycles. The van der Waals surface area contributed by atoms with E-state index >= 15 is 0 Å². The highest BCUT2D eigenvalue weighted by atomic mass is 19.2. The van der Waals surface area contributed by atoms with Crippen LogP contribution in [0.2, 0.25) is 0 Å². The van der Waals surface area contributed by atoms with Crippen molar-refractivity contribution in [1.29, 1.82) is 0 Å². The smallest absolute Gasteiger partial charge is 0.279 e. The number of rotatable bonds is 5. The number of likely N-dealkylation sites (N-methyl/N-ethyl adjacent to an activating group) is 1. The number of aryl methyl sites for hydroxylation is 2. The fourth-order valence-corrected chi connectivity index (χ4v) is 2.64. The Morgan fingerprint density at radius 1 is 0.923 bits per heavy atom. The second kappa shape index (κ2) is 7.82. The Hall–Kier alpha value is -2.48. The zero-order valence-electron chi connectivity index (χ0n) is 14.4. The number of para-hydroxylation sites is 1. The lowest BCUT2D eigenvalue weighted by molar-refractivity contribution is -0.885. The van der Waals surface area contributed by atoms with Crippen molar-refractivity contribution < 1.29 is 31.6 Å². The molecular weight excluding hydrogens is 355 g/mol. The van der Waals surface area contributed by atoms with Crippen LogP contribution >= 0.6 is 0 Å². The summed E-state index contributed by atoms with van der Waals surface area (Å²) in [5, 5.41) is 2.70. The summed E-state index contributed by atoms with van der Waals surface area (Å²) in [5.41, 5.74) is 1.37. The Labute approximate surface area is 147 Å². The first-order chi connectivity index (χ1) is 12.1. The molecule has 0 bridgehead atoms. The van der Waals surface area contributed by atoms with Crippen molar-refractivity contribution in [2.24, 2.45) is 0 Å². The molecule has 0 saturated heterocycles. The summed E-state index contributed by atoms with van der Waals surface area (Å²) >= 11 is 0. The van der Waals surface area contributed by atoms with Gasteiger partial charge in [0.25, 0.3) is 5.91 Å². The van der Waals surface area contributed by atoms with E-state index in [1.807, 2.05) is 32.0 Å². The molecular formula is C18H18F5N2O+. The van der Waals surface area contributed by atoms with E-state index in [1.54, 1.807) is 0 Å². The third kappa shape index (κ3) is 4.01. The molecule has 0 aromatic heterocycles. The lowest BCUT2D eigenvalue weighted by Gasteiger charge is -2.17. The number of benzene rings is 2. The number of hydrogen-bond donors (Lipinski definition) is 2. The lowest BCUT2D eigenvalue weighted by atomic mass is 10.1. The van der Waals surface area contributed by atoms with Gasteiger partial charge in [-0.3, -0.25) is 4.79 Å². The summed E-state index contributed by atoms with van der Waals surface area (Å²) in [6.07, 6.45) is 0. The molecule has 140 valence electrons. The largest absolute Gasteiger partial charge is 0.326 e. The Balaban J connectivity index is 2.12. The van der Waals surface area contributed by atoms with Crippen molar-refractivity contribution in [3.05, 3.63) is 64.0 Å². The third-order valence-electron chi connectivity index (χ3n) is 3.99. The van der Waals surface area contributed by atoms with Gasteiger partial charge in [0, 0.05) is 5.69 Å². The highest BCUT2D eigenvalue weighted by molar-refractivity contribution is 5.93. The fraction of sp³-hybridized carbons (Fsp3) is 0.278. The minimum Gasteiger partial charge on any atom is -0.326 e. The molecule has 0 spiro atoms. The van der Waals surface area contributed by atoms with Gasteiger partial charge in [-0.05, 0) is 25.0 Å². The van der Waals surface area contributed by atoms with Gasteiger partial charge < -0.3 is 10.2 Å². The van der Waals surface area contributed by atoms with E-state index in [2.05, 4.69) is 5.32 Å². The molecule has 1 unspecified atom stereocenters. The minimum atomic E-state index is -2.20. The molecule has 26 heavy (non-hydrogen) atoms. The molecule has 2 N–H and O–H groups in total. The molecule has 1 amide bonds. The van der Waals surface area contributed by atoms with Gasteiger partial charge in [-0.15, -0.1) is 0 Å². The fourth-order valence-electron chi connectivity index (χ4n) is 2.64. The molecule has 1 atom stereocenters. The standard InChI is InChI=1S/C18H17F5N2O/c1-9-5-4-6-10(2)18(9)24-12(26)8-25(3)7-11-13(19)15(21)17(23)16(22)14(11)20/h4-6H,7-8H2,1-3H3,(H,24,26)/p+1. The van der Waals surface area contributed by atoms with Gasteiger partial charge in [-0.1, -0.05) is 18.2 Å². The normalized spacial score (nSPS) is 12.2. The molecule has 2 rings (SSSR count). The van der Waals surface area contributed by atoms with Gasteiger partial charge in [-0.25, -0.2) is 22.0 Å². The molecule has 8 heteroatoms. The highest BCUT2D eigenvalue weighted by Crippen LogP contribution is 2.22. The van der Waals surface area contributed by atoms with Gasteiger partial charge in [0.05, 0.1) is 12.6 Å². The molecule has 2 aromatic rings. The number of nitrogens with one attached hydrogen (secondary N) is 2. The Kier molecular flexibility index (Phi) is 5.97. The van der Waals surface area contributed by atoms with E-state index in [9.17, 15) is 26.7 Å². The maximum Gasteiger partial charge on any atom is 0.279 e. The van der Waals surface area contributed by atoms with Crippen molar-refractivity contribution in [1.82, 2.24) is 0 Å². The molecule has 0 saturated carbocycles. The van der Waals surface area contributed by atoms with Gasteiger partial charge in [0.2, 0.25) is 5.82 Å². The van der Waals surface area contributed by atoms with Crippen LogP contribution in [0.25, 0.3) is 0 Å². The molecule has 3 nitrogen and oxygen atoms in total. The molecule has 0 aliphatic carbocycles. The zero-order valence-corrected chi connectivity index (χ0v) is 14.4. The predicted molar refractivity (Wildman–Crippen MR) is 86.2 cm³/mol. The summed E-state index contributed by atoms with van der Waals surface area (Å²) in [4.78, 5) is 12.4. The SMILES string of the molecule is Cc1cccc(C)c1NC(=O)C[NH+](C)Cc1c(F)c(F)c(F)c(F)c1F. The molecule has 0 fully saturated rings. The number of anilines is 1. The monoisotopic (exact) mass is 373 g/mol. The van der Waals surface area contributed by atoms with Crippen LogP contribution in [0.15, 0.2) is 18.2 Å². The van der Waals surface area contributed by atoms with Crippen LogP contribution in [0, 0.1) is 42.9 Å². The van der Waals surface area contributed by atoms with E-state index in [1.165, 1.54) is 7.05 Å². The first kappa shape index (κ1) is 19.8. The average molecular weight is 373 g/mol. The van der Waals surface area contributed by atoms with E-state index in [4.69, 9.17) is 0 Å². The number of amides is 1. The lowest BCUT2D eigenvalue weighted by Crippen LogP contribution is -3.08. The second-order valence-electron chi connectivity index (χ2n) is 6.17. The van der Waals surface area contributed by atoms with Crippen molar-refractivity contribution in [3.63, 3.8) is 0 Å². The Morgan fingerprint density at radius 3 is 1.88 bits per heavy atom. The van der Waals surface area contributed by atoms with Gasteiger partial charge >= 0.3 is 0 Å². The third-order valence-corrected chi connectivity index (χ3v) is 3.99. The molecule has 0 radical (unpaired) electrons. The first-order valence-corrected chi connectivity index (χ1v) is 7.81. The van der Waals surface area contributed by atoms with Crippen LogP contribution in [-0.2, 0) is 11.3 Å². The van der Waals surface area contributed by atoms with Crippen LogP contribution < -0.4 is 10.2 Å². The Morgan fingerprint density at radius 2 is 1.38 bits per heavy atom. The number of halogens is 5. The van der Waals surface area contributed by atoms with Crippen molar-refractivity contribution >= 4 is 11.6 Å². The van der Waals surface area contributed by atoms with Gasteiger partial charge in [-0.2, -0.15) is 0 Å². The summed E-state index contributed by atoms with van der Waals surface area (Å²) < 4.78 is 67.0. The maximum atomic E-state index is 13.7. The van der Waals surface area contributed by atoms with Crippen molar-refractivity contribution in [2.75, 3.05) is 18.9 Å². The number of quaternary nitrogens is 1. The maximum absolute atomic E-state index is 13.7. The van der Waals surface area contributed by atoms with E-state index in [0.29, 0.717) is 5.69 Å². The van der Waals surface area contributed by atoms with Crippen LogP contribution in [0.1, 0.15) is 16.7 Å². The topological polar surface area (TPSA) is 33.5 Å². The minimum absolute atomic E-state index is 0.215. The quantitative estimate of drug-likeness (QED) is 0.472. The van der Waals surface area contributed by atoms with Crippen LogP contribution in [0.4, 0.5) is 27.6 Å². The first-order valence-electron chi connectivity index (χ1n) is 7.81. The molecule has 0 aliphatic heterocycles. The molecule has 0 heterocycles. The van der Waals surface area contributed by atoms with E-state index in [0.717, 1.165) is 11.1 Å². The highest BCUT2D eigenvalue weighted by Gasteiger charge is 2.28. The zero-order chi connectivity index (χ0) is 19.6. The predicted octanol–water partition coefficient (Wildman–Crippen LogP) is 2.65. The summed E-state index contributed by atoms with van der Waals surface area (Å²) in [6, 6.07) is 5.46. The second-order valence-corrected chi connectivity index (χ2v) is 6.17. The molecule has 0 aliphatic rings. The van der Waals surface area contributed by atoms with Gasteiger partial charge in [0.15, 0.2) is 29.8 Å². The van der Waals surface area contributed by atoms with Crippen molar-refractivity contribution in [3.8, 4) is 0 Å². The van der Waals surface area contributed by atoms with Crippen molar-refractivity contribution in [2.45, 2.75) is 20.4 Å². The van der Waals surface area contributed by atoms with Crippen LogP contribution in [-0.4, -0.2) is 19.5 Å². The van der Waals surface area contributed by atoms with Gasteiger partial charge in [0.1, 0.15) is 6.54 Å². The summed E-state index contributed by atoms with van der Waals surface area (Å²) in [5.74, 6) is -10.4. The average Bonchev–Trinajstić information content (AvgIpc) is 2.58. The summed E-state index contributed by atoms with van der Waals surface area (Å²) in [7, 11) is 1.42. The van der Waals surface area contributed by atoms with E-state index in [-0.39, 0.29) is 11.4 Å². The number of hydrogen-bond acceptors (Lipinski definition) is 1.